The zero-order valence-corrected chi connectivity index (χ0v) is 10.2. The average molecular weight is 271 g/mol. The Balaban J connectivity index is 2.26. The number of hydrogen-bond donors (Lipinski definition) is 0. The average Bonchev–Trinajstić information content (AvgIpc) is 2.33. The Morgan fingerprint density at radius 2 is 1.74 bits per heavy atom. The lowest BCUT2D eigenvalue weighted by atomic mass is 9.94. The Kier molecular flexibility index (Phi) is 3.34. The van der Waals surface area contributed by atoms with Crippen LogP contribution < -0.4 is 0 Å². The van der Waals surface area contributed by atoms with Gasteiger partial charge < -0.3 is 4.90 Å². The van der Waals surface area contributed by atoms with E-state index in [0.29, 0.717) is 5.56 Å². The van der Waals surface area contributed by atoms with E-state index in [4.69, 9.17) is 0 Å². The van der Waals surface area contributed by atoms with Crippen LogP contribution in [0.3, 0.4) is 0 Å². The van der Waals surface area contributed by atoms with Gasteiger partial charge in [0.1, 0.15) is 5.78 Å². The summed E-state index contributed by atoms with van der Waals surface area (Å²) in [5.74, 6) is -0.492. The molecule has 1 atom stereocenters. The highest BCUT2D eigenvalue weighted by Gasteiger charge is 2.33. The van der Waals surface area contributed by atoms with Crippen molar-refractivity contribution in [1.29, 1.82) is 0 Å². The minimum absolute atomic E-state index is 0.131. The maximum atomic E-state index is 12.4. The molecular formula is C13H12F3NO2. The van der Waals surface area contributed by atoms with Crippen molar-refractivity contribution in [2.45, 2.75) is 25.1 Å². The number of nitrogens with zero attached hydrogens (tertiary/aromatic N) is 1. The third-order valence-electron chi connectivity index (χ3n) is 3.25. The first-order valence-corrected chi connectivity index (χ1v) is 5.73. The van der Waals surface area contributed by atoms with Crippen LogP contribution in [-0.2, 0) is 15.8 Å². The monoisotopic (exact) mass is 271 g/mol. The molecule has 0 spiro atoms. The summed E-state index contributed by atoms with van der Waals surface area (Å²) in [6, 6.07) is 4.08. The third-order valence-corrected chi connectivity index (χ3v) is 3.25. The molecule has 102 valence electrons. The van der Waals surface area contributed by atoms with Gasteiger partial charge in [-0.15, -0.1) is 0 Å². The van der Waals surface area contributed by atoms with Gasteiger partial charge in [-0.25, -0.2) is 0 Å². The van der Waals surface area contributed by atoms with E-state index in [2.05, 4.69) is 0 Å². The molecule has 3 nitrogen and oxygen atoms in total. The zero-order chi connectivity index (χ0) is 14.2. The van der Waals surface area contributed by atoms with Crippen LogP contribution in [0.4, 0.5) is 13.2 Å². The lowest BCUT2D eigenvalue weighted by Crippen LogP contribution is -2.38. The number of ketones is 1. The van der Waals surface area contributed by atoms with Gasteiger partial charge >= 0.3 is 6.18 Å². The number of likely N-dealkylation sites (tertiary alicyclic amines) is 1. The highest BCUT2D eigenvalue weighted by atomic mass is 19.4. The molecule has 1 fully saturated rings. The molecule has 6 heteroatoms. The number of alkyl halides is 3. The van der Waals surface area contributed by atoms with E-state index in [1.54, 1.807) is 7.05 Å². The summed E-state index contributed by atoms with van der Waals surface area (Å²) in [5, 5.41) is 0. The first kappa shape index (κ1) is 13.6. The third kappa shape index (κ3) is 2.77. The van der Waals surface area contributed by atoms with Crippen molar-refractivity contribution in [3.05, 3.63) is 35.4 Å². The molecule has 1 aromatic carbocycles. The van der Waals surface area contributed by atoms with Gasteiger partial charge in [-0.3, -0.25) is 9.59 Å². The molecule has 1 unspecified atom stereocenters. The van der Waals surface area contributed by atoms with E-state index in [1.165, 1.54) is 17.0 Å². The SMILES string of the molecule is CN1C(=O)CC(=O)CC1c1ccc(C(F)(F)F)cc1. The van der Waals surface area contributed by atoms with Crippen molar-refractivity contribution in [1.82, 2.24) is 4.90 Å². The number of hydrogen-bond acceptors (Lipinski definition) is 2. The fourth-order valence-electron chi connectivity index (χ4n) is 2.13. The van der Waals surface area contributed by atoms with Crippen molar-refractivity contribution in [3.8, 4) is 0 Å². The van der Waals surface area contributed by atoms with Gasteiger partial charge in [-0.2, -0.15) is 13.2 Å². The van der Waals surface area contributed by atoms with Crippen LogP contribution in [0, 0.1) is 0 Å². The van der Waals surface area contributed by atoms with E-state index in [1.807, 2.05) is 0 Å². The molecule has 0 saturated carbocycles. The smallest absolute Gasteiger partial charge is 0.338 e. The Morgan fingerprint density at radius 3 is 2.26 bits per heavy atom. The highest BCUT2D eigenvalue weighted by molar-refractivity contribution is 6.00. The number of carbonyl (C=O) groups excluding carboxylic acids is 2. The fourth-order valence-corrected chi connectivity index (χ4v) is 2.13. The molecule has 0 aliphatic carbocycles. The molecule has 1 aromatic rings. The van der Waals surface area contributed by atoms with Crippen molar-refractivity contribution >= 4 is 11.7 Å². The predicted octanol–water partition coefficient (Wildman–Crippen LogP) is 2.57. The molecule has 0 radical (unpaired) electrons. The number of piperidine rings is 1. The standard InChI is InChI=1S/C13H12F3NO2/c1-17-11(6-10(18)7-12(17)19)8-2-4-9(5-3-8)13(14,15)16/h2-5,11H,6-7H2,1H3. The molecule has 1 amide bonds. The molecule has 0 N–H and O–H groups in total. The van der Waals surface area contributed by atoms with Gasteiger partial charge in [0.05, 0.1) is 18.0 Å². The summed E-state index contributed by atoms with van der Waals surface area (Å²) in [5.41, 5.74) is -0.204. The van der Waals surface area contributed by atoms with Crippen LogP contribution >= 0.6 is 0 Å². The molecule has 2 rings (SSSR count). The number of rotatable bonds is 1. The number of Topliss-reactive ketones (excluding diaryl/α,β-unsaturated/α-hetero) is 1. The first-order valence-electron chi connectivity index (χ1n) is 5.73. The van der Waals surface area contributed by atoms with Crippen LogP contribution in [0.5, 0.6) is 0 Å². The molecule has 0 aromatic heterocycles. The second kappa shape index (κ2) is 4.68. The normalized spacial score (nSPS) is 20.8. The maximum absolute atomic E-state index is 12.4. The van der Waals surface area contributed by atoms with Crippen LogP contribution in [0.2, 0.25) is 0 Å². The maximum Gasteiger partial charge on any atom is 0.416 e. The summed E-state index contributed by atoms with van der Waals surface area (Å²) in [6.45, 7) is 0. The van der Waals surface area contributed by atoms with E-state index in [0.717, 1.165) is 12.1 Å². The Hall–Kier alpha value is -1.85. The van der Waals surface area contributed by atoms with Crippen molar-refractivity contribution in [2.75, 3.05) is 7.05 Å². The molecule has 19 heavy (non-hydrogen) atoms. The van der Waals surface area contributed by atoms with Gasteiger partial charge in [0.15, 0.2) is 0 Å². The molecular weight excluding hydrogens is 259 g/mol. The first-order chi connectivity index (χ1) is 8.79. The minimum Gasteiger partial charge on any atom is -0.338 e. The van der Waals surface area contributed by atoms with Crippen LogP contribution in [0.15, 0.2) is 24.3 Å². The second-order valence-electron chi connectivity index (χ2n) is 4.56. The molecule has 0 bridgehead atoms. The number of benzene rings is 1. The Labute approximate surface area is 108 Å². The van der Waals surface area contributed by atoms with Gasteiger partial charge in [-0.1, -0.05) is 12.1 Å². The number of amides is 1. The highest BCUT2D eigenvalue weighted by Crippen LogP contribution is 2.33. The largest absolute Gasteiger partial charge is 0.416 e. The van der Waals surface area contributed by atoms with E-state index >= 15 is 0 Å². The topological polar surface area (TPSA) is 37.4 Å². The second-order valence-corrected chi connectivity index (χ2v) is 4.56. The van der Waals surface area contributed by atoms with Gasteiger partial charge in [0.2, 0.25) is 5.91 Å². The molecule has 1 aliphatic rings. The predicted molar refractivity (Wildman–Crippen MR) is 61.2 cm³/mol. The van der Waals surface area contributed by atoms with Gasteiger partial charge in [-0.05, 0) is 17.7 Å². The Bertz CT molecular complexity index is 508. The van der Waals surface area contributed by atoms with Crippen LogP contribution in [-0.4, -0.2) is 23.6 Å². The lowest BCUT2D eigenvalue weighted by Gasteiger charge is -2.32. The summed E-state index contributed by atoms with van der Waals surface area (Å²) in [7, 11) is 1.55. The quantitative estimate of drug-likeness (QED) is 0.736. The van der Waals surface area contributed by atoms with Crippen molar-refractivity contribution in [3.63, 3.8) is 0 Å². The van der Waals surface area contributed by atoms with Gasteiger partial charge in [0.25, 0.3) is 0 Å². The number of halogens is 3. The minimum atomic E-state index is -4.39. The fraction of sp³-hybridized carbons (Fsp3) is 0.385. The van der Waals surface area contributed by atoms with Crippen LogP contribution in [0.1, 0.15) is 30.0 Å². The molecule has 1 saturated heterocycles. The van der Waals surface area contributed by atoms with Crippen molar-refractivity contribution in [2.24, 2.45) is 0 Å². The Morgan fingerprint density at radius 1 is 1.16 bits per heavy atom. The zero-order valence-electron chi connectivity index (χ0n) is 10.2. The van der Waals surface area contributed by atoms with E-state index in [9.17, 15) is 22.8 Å². The lowest BCUT2D eigenvalue weighted by molar-refractivity contribution is -0.142. The van der Waals surface area contributed by atoms with Crippen LogP contribution in [0.25, 0.3) is 0 Å². The summed E-state index contributed by atoms with van der Waals surface area (Å²) in [4.78, 5) is 24.3. The number of carbonyl (C=O) groups is 2. The molecule has 1 aliphatic heterocycles. The van der Waals surface area contributed by atoms with Gasteiger partial charge in [0, 0.05) is 13.5 Å². The summed E-state index contributed by atoms with van der Waals surface area (Å²) < 4.78 is 37.3. The van der Waals surface area contributed by atoms with E-state index < -0.39 is 17.8 Å². The summed E-state index contributed by atoms with van der Waals surface area (Å²) >= 11 is 0. The van der Waals surface area contributed by atoms with E-state index in [-0.39, 0.29) is 24.5 Å². The summed E-state index contributed by atoms with van der Waals surface area (Å²) in [6.07, 6.45) is -4.37. The molecule has 1 heterocycles. The van der Waals surface area contributed by atoms with Crippen molar-refractivity contribution < 1.29 is 22.8 Å².